The number of hydrogen-bond donors (Lipinski definition) is 2. The third-order valence-electron chi connectivity index (χ3n) is 4.24. The van der Waals surface area contributed by atoms with Gasteiger partial charge in [0.25, 0.3) is 0 Å². The van der Waals surface area contributed by atoms with Crippen LogP contribution in [0.15, 0.2) is 5.16 Å². The number of unbranched alkanes of at least 4 members (excludes halogenated alkanes) is 1. The van der Waals surface area contributed by atoms with Crippen molar-refractivity contribution in [3.8, 4) is 0 Å². The molecule has 0 amide bonds. The summed E-state index contributed by atoms with van der Waals surface area (Å²) in [5.41, 5.74) is 7.83. The van der Waals surface area contributed by atoms with Gasteiger partial charge < -0.3 is 15.8 Å². The zero-order chi connectivity index (χ0) is 17.9. The summed E-state index contributed by atoms with van der Waals surface area (Å²) in [7, 11) is 0. The topological polar surface area (TPSA) is 73.1 Å². The van der Waals surface area contributed by atoms with Crippen LogP contribution in [0.25, 0.3) is 10.2 Å². The number of nitrogens with two attached hydrogens (primary N) is 1. The van der Waals surface area contributed by atoms with Gasteiger partial charge in [-0.25, -0.2) is 9.97 Å². The van der Waals surface area contributed by atoms with Crippen LogP contribution in [0.3, 0.4) is 0 Å². The number of hydrogen-bond acceptors (Lipinski definition) is 7. The van der Waals surface area contributed by atoms with E-state index in [4.69, 9.17) is 20.4 Å². The quantitative estimate of drug-likeness (QED) is 0.406. The minimum absolute atomic E-state index is 0.101. The van der Waals surface area contributed by atoms with Crippen LogP contribution in [0, 0.1) is 0 Å². The first kappa shape index (κ1) is 18.9. The van der Waals surface area contributed by atoms with E-state index in [0.29, 0.717) is 6.61 Å². The highest BCUT2D eigenvalue weighted by Crippen LogP contribution is 2.41. The maximum Gasteiger partial charge on any atom is 0.190 e. The van der Waals surface area contributed by atoms with Crippen LogP contribution in [0.1, 0.15) is 50.5 Å². The van der Waals surface area contributed by atoms with Crippen molar-refractivity contribution in [2.24, 2.45) is 5.73 Å². The summed E-state index contributed by atoms with van der Waals surface area (Å²) in [5.74, 6) is 2.01. The molecule has 0 fully saturated rings. The molecule has 138 valence electrons. The Kier molecular flexibility index (Phi) is 6.20. The average Bonchev–Trinajstić information content (AvgIpc) is 2.93. The van der Waals surface area contributed by atoms with Gasteiger partial charge in [0.1, 0.15) is 5.82 Å². The Balaban J connectivity index is 1.95. The molecule has 7 heteroatoms. The van der Waals surface area contributed by atoms with Gasteiger partial charge in [0.15, 0.2) is 5.16 Å². The van der Waals surface area contributed by atoms with E-state index in [1.807, 2.05) is 11.3 Å². The highest BCUT2D eigenvalue weighted by molar-refractivity contribution is 7.99. The fourth-order valence-electron chi connectivity index (χ4n) is 2.90. The Morgan fingerprint density at radius 1 is 1.32 bits per heavy atom. The van der Waals surface area contributed by atoms with Crippen molar-refractivity contribution in [3.05, 3.63) is 10.4 Å². The molecule has 0 aliphatic carbocycles. The lowest BCUT2D eigenvalue weighted by Crippen LogP contribution is -2.30. The molecular formula is C18H28N4OS2. The second kappa shape index (κ2) is 8.20. The van der Waals surface area contributed by atoms with Crippen molar-refractivity contribution in [2.75, 3.05) is 24.2 Å². The molecule has 3 rings (SSSR count). The maximum absolute atomic E-state index is 6.04. The summed E-state index contributed by atoms with van der Waals surface area (Å²) in [6.07, 6.45) is 4.14. The SMILES string of the molecule is CCCSc1nc(NCCCCN)c2sc3c(c2n1)COC(C)(C)C3. The summed E-state index contributed by atoms with van der Waals surface area (Å²) in [6.45, 7) is 8.76. The van der Waals surface area contributed by atoms with Crippen molar-refractivity contribution in [3.63, 3.8) is 0 Å². The molecule has 0 spiro atoms. The fourth-order valence-corrected chi connectivity index (χ4v) is 5.02. The van der Waals surface area contributed by atoms with Crippen LogP contribution in [0.5, 0.6) is 0 Å². The number of thioether (sulfide) groups is 1. The van der Waals surface area contributed by atoms with E-state index >= 15 is 0 Å². The minimum atomic E-state index is -0.101. The highest BCUT2D eigenvalue weighted by atomic mass is 32.2. The number of anilines is 1. The van der Waals surface area contributed by atoms with Gasteiger partial charge in [-0.3, -0.25) is 0 Å². The van der Waals surface area contributed by atoms with Crippen LogP contribution < -0.4 is 11.1 Å². The summed E-state index contributed by atoms with van der Waals surface area (Å²) in [5, 5.41) is 4.38. The molecule has 25 heavy (non-hydrogen) atoms. The molecule has 3 heterocycles. The number of nitrogens with zero attached hydrogens (tertiary/aromatic N) is 2. The van der Waals surface area contributed by atoms with Gasteiger partial charge in [-0.15, -0.1) is 11.3 Å². The number of thiophene rings is 1. The highest BCUT2D eigenvalue weighted by Gasteiger charge is 2.30. The van der Waals surface area contributed by atoms with Gasteiger partial charge in [-0.1, -0.05) is 18.7 Å². The van der Waals surface area contributed by atoms with Crippen molar-refractivity contribution < 1.29 is 4.74 Å². The van der Waals surface area contributed by atoms with E-state index in [9.17, 15) is 0 Å². The first-order chi connectivity index (χ1) is 12.0. The third kappa shape index (κ3) is 4.45. The van der Waals surface area contributed by atoms with E-state index in [1.54, 1.807) is 11.8 Å². The van der Waals surface area contributed by atoms with E-state index in [0.717, 1.165) is 61.0 Å². The predicted octanol–water partition coefficient (Wildman–Crippen LogP) is 4.20. The van der Waals surface area contributed by atoms with Crippen LogP contribution >= 0.6 is 23.1 Å². The van der Waals surface area contributed by atoms with E-state index in [-0.39, 0.29) is 5.60 Å². The molecule has 0 atom stereocenters. The monoisotopic (exact) mass is 380 g/mol. The largest absolute Gasteiger partial charge is 0.370 e. The summed E-state index contributed by atoms with van der Waals surface area (Å²) in [4.78, 5) is 11.0. The smallest absolute Gasteiger partial charge is 0.190 e. The van der Waals surface area contributed by atoms with Crippen LogP contribution in [-0.4, -0.2) is 34.4 Å². The molecule has 5 nitrogen and oxygen atoms in total. The normalized spacial score (nSPS) is 16.2. The second-order valence-corrected chi connectivity index (χ2v) is 9.20. The van der Waals surface area contributed by atoms with Crippen molar-refractivity contribution >= 4 is 39.1 Å². The Hall–Kier alpha value is -0.890. The van der Waals surface area contributed by atoms with Gasteiger partial charge in [0.2, 0.25) is 0 Å². The molecular weight excluding hydrogens is 352 g/mol. The number of ether oxygens (including phenoxy) is 1. The van der Waals surface area contributed by atoms with Crippen molar-refractivity contribution in [1.82, 2.24) is 9.97 Å². The molecule has 2 aromatic rings. The Bertz CT molecular complexity index is 729. The van der Waals surface area contributed by atoms with Gasteiger partial charge >= 0.3 is 0 Å². The molecule has 0 saturated carbocycles. The molecule has 0 bridgehead atoms. The Morgan fingerprint density at radius 3 is 2.92 bits per heavy atom. The van der Waals surface area contributed by atoms with Gasteiger partial charge in [0, 0.05) is 29.2 Å². The maximum atomic E-state index is 6.04. The first-order valence-electron chi connectivity index (χ1n) is 9.07. The van der Waals surface area contributed by atoms with Crippen molar-refractivity contribution in [2.45, 2.75) is 63.8 Å². The summed E-state index contributed by atoms with van der Waals surface area (Å²) < 4.78 is 7.20. The van der Waals surface area contributed by atoms with Crippen LogP contribution in [-0.2, 0) is 17.8 Å². The number of nitrogens with one attached hydrogen (secondary N) is 1. The molecule has 1 aliphatic heterocycles. The Labute approximate surface area is 158 Å². The molecule has 3 N–H and O–H groups in total. The Morgan fingerprint density at radius 2 is 2.16 bits per heavy atom. The molecule has 0 unspecified atom stereocenters. The van der Waals surface area contributed by atoms with Crippen LogP contribution in [0.4, 0.5) is 5.82 Å². The average molecular weight is 381 g/mol. The number of aromatic nitrogens is 2. The second-order valence-electron chi connectivity index (χ2n) is 7.03. The molecule has 2 aromatic heterocycles. The van der Waals surface area contributed by atoms with Crippen LogP contribution in [0.2, 0.25) is 0 Å². The molecule has 0 saturated heterocycles. The van der Waals surface area contributed by atoms with Crippen molar-refractivity contribution in [1.29, 1.82) is 0 Å². The standard InChI is InChI=1S/C18H28N4OS2/c1-4-9-24-17-21-14-12-11-23-18(2,3)10-13(12)25-15(14)16(22-17)20-8-6-5-7-19/h4-11,19H2,1-3H3,(H,20,21,22). The molecule has 0 aromatic carbocycles. The zero-order valence-electron chi connectivity index (χ0n) is 15.4. The number of fused-ring (bicyclic) bond motifs is 3. The summed E-state index contributed by atoms with van der Waals surface area (Å²) in [6, 6.07) is 0. The van der Waals surface area contributed by atoms with Gasteiger partial charge in [0.05, 0.1) is 22.4 Å². The lowest BCUT2D eigenvalue weighted by atomic mass is 9.98. The lowest BCUT2D eigenvalue weighted by molar-refractivity contribution is -0.0383. The predicted molar refractivity (Wildman–Crippen MR) is 108 cm³/mol. The third-order valence-corrected chi connectivity index (χ3v) is 6.53. The van der Waals surface area contributed by atoms with E-state index < -0.39 is 0 Å². The molecule has 1 aliphatic rings. The van der Waals surface area contributed by atoms with Gasteiger partial charge in [-0.2, -0.15) is 0 Å². The minimum Gasteiger partial charge on any atom is -0.370 e. The van der Waals surface area contributed by atoms with Gasteiger partial charge in [-0.05, 0) is 39.7 Å². The molecule has 0 radical (unpaired) electrons. The first-order valence-corrected chi connectivity index (χ1v) is 10.9. The zero-order valence-corrected chi connectivity index (χ0v) is 17.0. The van der Waals surface area contributed by atoms with E-state index in [1.165, 1.54) is 15.1 Å². The fraction of sp³-hybridized carbons (Fsp3) is 0.667. The summed E-state index contributed by atoms with van der Waals surface area (Å²) >= 11 is 3.55. The van der Waals surface area contributed by atoms with E-state index in [2.05, 4.69) is 26.1 Å². The number of rotatable bonds is 8. The lowest BCUT2D eigenvalue weighted by Gasteiger charge is -2.29.